The molecule has 4 nitrogen and oxygen atoms in total. The van der Waals surface area contributed by atoms with E-state index < -0.39 is 5.51 Å². The van der Waals surface area contributed by atoms with Gasteiger partial charge < -0.3 is 5.73 Å². The Labute approximate surface area is 131 Å². The van der Waals surface area contributed by atoms with Crippen LogP contribution in [0.4, 0.5) is 19.0 Å². The average molecular weight is 353 g/mol. The lowest BCUT2D eigenvalue weighted by Gasteiger charge is -2.12. The van der Waals surface area contributed by atoms with E-state index in [0.717, 1.165) is 16.8 Å². The highest BCUT2D eigenvalue weighted by molar-refractivity contribution is 8.00. The van der Waals surface area contributed by atoms with Crippen molar-refractivity contribution >= 4 is 40.8 Å². The van der Waals surface area contributed by atoms with Crippen molar-refractivity contribution in [3.8, 4) is 11.8 Å². The van der Waals surface area contributed by atoms with Crippen LogP contribution in [0.3, 0.4) is 0 Å². The molecule has 1 heterocycles. The molecule has 0 unspecified atom stereocenters. The molecule has 0 saturated heterocycles. The van der Waals surface area contributed by atoms with Gasteiger partial charge in [-0.15, -0.1) is 0 Å². The first-order chi connectivity index (χ1) is 9.71. The summed E-state index contributed by atoms with van der Waals surface area (Å²) in [7, 11) is 0. The smallest absolute Gasteiger partial charge is 0.384 e. The van der Waals surface area contributed by atoms with Gasteiger partial charge in [0.05, 0.1) is 10.0 Å². The van der Waals surface area contributed by atoms with E-state index in [0.29, 0.717) is 0 Å². The van der Waals surface area contributed by atoms with E-state index in [-0.39, 0.29) is 43.9 Å². The maximum Gasteiger partial charge on any atom is 0.446 e. The van der Waals surface area contributed by atoms with Gasteiger partial charge in [-0.1, -0.05) is 23.2 Å². The fourth-order valence-corrected chi connectivity index (χ4v) is 2.96. The quantitative estimate of drug-likeness (QED) is 0.820. The average Bonchev–Trinajstić information content (AvgIpc) is 2.68. The van der Waals surface area contributed by atoms with Crippen molar-refractivity contribution in [2.75, 3.05) is 5.73 Å². The molecular weight excluding hydrogens is 348 g/mol. The highest BCUT2D eigenvalue weighted by Gasteiger charge is 2.30. The summed E-state index contributed by atoms with van der Waals surface area (Å²) in [4.78, 5) is -0.160. The van der Waals surface area contributed by atoms with Crippen LogP contribution in [0.5, 0.6) is 0 Å². The third kappa shape index (κ3) is 3.56. The predicted molar refractivity (Wildman–Crippen MR) is 74.6 cm³/mol. The van der Waals surface area contributed by atoms with Crippen LogP contribution in [0.1, 0.15) is 5.69 Å². The van der Waals surface area contributed by atoms with E-state index in [1.807, 2.05) is 0 Å². The summed E-state index contributed by atoms with van der Waals surface area (Å²) >= 11 is 11.6. The van der Waals surface area contributed by atoms with Crippen LogP contribution in [0, 0.1) is 11.3 Å². The fourth-order valence-electron chi connectivity index (χ4n) is 1.57. The number of thioether (sulfide) groups is 1. The predicted octanol–water partition coefficient (Wildman–Crippen LogP) is 4.24. The molecule has 0 atom stereocenters. The van der Waals surface area contributed by atoms with Gasteiger partial charge in [-0.3, -0.25) is 0 Å². The maximum atomic E-state index is 12.3. The molecule has 2 rings (SSSR count). The van der Waals surface area contributed by atoms with Gasteiger partial charge >= 0.3 is 5.51 Å². The van der Waals surface area contributed by atoms with Crippen LogP contribution in [-0.2, 0) is 0 Å². The molecule has 21 heavy (non-hydrogen) atoms. The van der Waals surface area contributed by atoms with Crippen molar-refractivity contribution < 1.29 is 13.2 Å². The molecule has 0 spiro atoms. The van der Waals surface area contributed by atoms with E-state index in [4.69, 9.17) is 34.2 Å². The molecule has 0 radical (unpaired) electrons. The number of nitrogens with zero attached hydrogens (tertiary/aromatic N) is 3. The summed E-state index contributed by atoms with van der Waals surface area (Å²) < 4.78 is 38.1. The van der Waals surface area contributed by atoms with Gasteiger partial charge in [0.2, 0.25) is 0 Å². The highest BCUT2D eigenvalue weighted by Crippen LogP contribution is 2.41. The van der Waals surface area contributed by atoms with Gasteiger partial charge in [0.25, 0.3) is 0 Å². The minimum absolute atomic E-state index is 0.0355. The number of rotatable bonds is 2. The Kier molecular flexibility index (Phi) is 4.27. The number of hydrogen-bond donors (Lipinski definition) is 1. The van der Waals surface area contributed by atoms with Gasteiger partial charge in [-0.2, -0.15) is 23.5 Å². The first-order valence-electron chi connectivity index (χ1n) is 5.22. The molecule has 1 aromatic heterocycles. The number of benzene rings is 1. The first kappa shape index (κ1) is 15.8. The Morgan fingerprint density at radius 3 is 2.24 bits per heavy atom. The molecule has 0 fully saturated rings. The molecule has 0 bridgehead atoms. The number of nitrogens with two attached hydrogens (primary N) is 1. The summed E-state index contributed by atoms with van der Waals surface area (Å²) in [6.07, 6.45) is 0. The summed E-state index contributed by atoms with van der Waals surface area (Å²) in [6.45, 7) is 0. The lowest BCUT2D eigenvalue weighted by molar-refractivity contribution is -0.0328. The molecule has 0 aliphatic carbocycles. The van der Waals surface area contributed by atoms with E-state index in [9.17, 15) is 13.2 Å². The van der Waals surface area contributed by atoms with Gasteiger partial charge in [0.1, 0.15) is 17.6 Å². The normalized spacial score (nSPS) is 11.4. The molecular formula is C11H5Cl2F3N4S. The van der Waals surface area contributed by atoms with Crippen LogP contribution < -0.4 is 5.73 Å². The minimum Gasteiger partial charge on any atom is -0.384 e. The van der Waals surface area contributed by atoms with Crippen molar-refractivity contribution in [3.63, 3.8) is 0 Å². The Bertz CT molecular complexity index is 713. The Balaban J connectivity index is 2.51. The lowest BCUT2D eigenvalue weighted by Crippen LogP contribution is -2.04. The van der Waals surface area contributed by atoms with Gasteiger partial charge in [-0.05, 0) is 23.9 Å². The summed E-state index contributed by atoms with van der Waals surface area (Å²) in [5.41, 5.74) is 1.37. The third-order valence-electron chi connectivity index (χ3n) is 2.29. The van der Waals surface area contributed by atoms with Crippen molar-refractivity contribution in [3.05, 3.63) is 33.9 Å². The number of alkyl halides is 3. The zero-order valence-corrected chi connectivity index (χ0v) is 12.3. The van der Waals surface area contributed by atoms with E-state index in [1.165, 1.54) is 6.07 Å². The van der Waals surface area contributed by atoms with Crippen molar-refractivity contribution in [1.29, 1.82) is 5.26 Å². The van der Waals surface area contributed by atoms with Crippen LogP contribution in [-0.4, -0.2) is 15.3 Å². The molecule has 110 valence electrons. The second-order valence-corrected chi connectivity index (χ2v) is 5.71. The zero-order chi connectivity index (χ0) is 15.8. The van der Waals surface area contributed by atoms with E-state index in [2.05, 4.69) is 5.10 Å². The van der Waals surface area contributed by atoms with Gasteiger partial charge in [0.15, 0.2) is 5.69 Å². The fraction of sp³-hybridized carbons (Fsp3) is 0.0909. The summed E-state index contributed by atoms with van der Waals surface area (Å²) in [6, 6.07) is 5.30. The molecule has 0 amide bonds. The largest absolute Gasteiger partial charge is 0.446 e. The third-order valence-corrected chi connectivity index (χ3v) is 3.57. The summed E-state index contributed by atoms with van der Waals surface area (Å²) in [5.74, 6) is 0.0894. The molecule has 10 heteroatoms. The number of anilines is 1. The number of hydrogen-bond acceptors (Lipinski definition) is 4. The Morgan fingerprint density at radius 1 is 1.24 bits per heavy atom. The maximum absolute atomic E-state index is 12.3. The second kappa shape index (κ2) is 5.67. The van der Waals surface area contributed by atoms with Crippen LogP contribution >= 0.6 is 35.0 Å². The van der Waals surface area contributed by atoms with Crippen LogP contribution in [0.2, 0.25) is 10.0 Å². The highest BCUT2D eigenvalue weighted by atomic mass is 35.5. The van der Waals surface area contributed by atoms with Crippen molar-refractivity contribution in [1.82, 2.24) is 9.78 Å². The van der Waals surface area contributed by atoms with Gasteiger partial charge in [0, 0.05) is 11.0 Å². The van der Waals surface area contributed by atoms with Crippen LogP contribution in [0.25, 0.3) is 5.69 Å². The van der Waals surface area contributed by atoms with Crippen molar-refractivity contribution in [2.45, 2.75) is 10.4 Å². The molecule has 2 N–H and O–H groups in total. The number of nitriles is 1. The first-order valence-corrected chi connectivity index (χ1v) is 6.79. The number of aromatic nitrogens is 2. The van der Waals surface area contributed by atoms with Crippen LogP contribution in [0.15, 0.2) is 23.1 Å². The SMILES string of the molecule is N#Cc1cc(N)n(-c2c(Cl)cc(SC(F)(F)F)cc2Cl)n1. The topological polar surface area (TPSA) is 67.6 Å². The Hall–Kier alpha value is -1.56. The monoisotopic (exact) mass is 352 g/mol. The lowest BCUT2D eigenvalue weighted by atomic mass is 10.3. The molecule has 2 aromatic rings. The van der Waals surface area contributed by atoms with E-state index >= 15 is 0 Å². The Morgan fingerprint density at radius 2 is 1.81 bits per heavy atom. The summed E-state index contributed by atoms with van der Waals surface area (Å²) in [5, 5.41) is 12.5. The molecule has 0 aliphatic rings. The standard InChI is InChI=1S/C11H5Cl2F3N4S/c12-7-2-6(21-11(14,15)16)3-8(13)10(7)20-9(18)1-5(4-17)19-20/h1-3H,18H2. The molecule has 1 aromatic carbocycles. The number of halogens is 5. The van der Waals surface area contributed by atoms with Crippen molar-refractivity contribution in [2.24, 2.45) is 0 Å². The number of nitrogen functional groups attached to an aromatic ring is 1. The van der Waals surface area contributed by atoms with Gasteiger partial charge in [-0.25, -0.2) is 4.68 Å². The molecule has 0 saturated carbocycles. The zero-order valence-electron chi connectivity index (χ0n) is 9.95. The minimum atomic E-state index is -4.45. The van der Waals surface area contributed by atoms with E-state index in [1.54, 1.807) is 6.07 Å². The molecule has 0 aliphatic heterocycles. The second-order valence-electron chi connectivity index (χ2n) is 3.76.